The van der Waals surface area contributed by atoms with Crippen LogP contribution in [0.3, 0.4) is 0 Å². The average Bonchev–Trinajstić information content (AvgIpc) is 2.45. The minimum atomic E-state index is -0.552. The molecular weight excluding hydrogens is 280 g/mol. The number of nitrogens with zero attached hydrogens (tertiary/aromatic N) is 1. The van der Waals surface area contributed by atoms with E-state index in [0.29, 0.717) is 16.3 Å². The van der Waals surface area contributed by atoms with E-state index < -0.39 is 11.0 Å². The van der Waals surface area contributed by atoms with Crippen LogP contribution < -0.4 is 10.5 Å². The van der Waals surface area contributed by atoms with Gasteiger partial charge in [-0.25, -0.2) is 0 Å². The molecule has 0 bridgehead atoms. The molecular formula is C14H13ClN2O3. The van der Waals surface area contributed by atoms with Crippen LogP contribution >= 0.6 is 11.6 Å². The summed E-state index contributed by atoms with van der Waals surface area (Å²) in [4.78, 5) is 10.4. The molecule has 2 rings (SSSR count). The van der Waals surface area contributed by atoms with Crippen LogP contribution in [0.5, 0.6) is 5.75 Å². The van der Waals surface area contributed by atoms with E-state index in [1.807, 2.05) is 6.07 Å². The van der Waals surface area contributed by atoms with Crippen molar-refractivity contribution in [1.29, 1.82) is 0 Å². The first-order valence-electron chi connectivity index (χ1n) is 5.86. The molecule has 0 spiro atoms. The second-order valence-corrected chi connectivity index (χ2v) is 4.65. The Morgan fingerprint density at radius 1 is 1.30 bits per heavy atom. The Hall–Kier alpha value is -2.11. The van der Waals surface area contributed by atoms with Crippen LogP contribution in [-0.4, -0.2) is 12.0 Å². The van der Waals surface area contributed by atoms with Crippen molar-refractivity contribution < 1.29 is 9.66 Å². The second kappa shape index (κ2) is 5.90. The normalized spacial score (nSPS) is 11.9. The van der Waals surface area contributed by atoms with Gasteiger partial charge in [-0.3, -0.25) is 10.1 Å². The highest BCUT2D eigenvalue weighted by Gasteiger charge is 2.18. The maximum Gasteiger partial charge on any atom is 0.270 e. The fraction of sp³-hybridized carbons (Fsp3) is 0.143. The summed E-state index contributed by atoms with van der Waals surface area (Å²) in [5.74, 6) is 0.503. The first kappa shape index (κ1) is 14.3. The summed E-state index contributed by atoms with van der Waals surface area (Å²) in [6.07, 6.45) is 0. The fourth-order valence-electron chi connectivity index (χ4n) is 1.96. The largest absolute Gasteiger partial charge is 0.496 e. The van der Waals surface area contributed by atoms with E-state index in [2.05, 4.69) is 0 Å². The molecule has 6 heteroatoms. The van der Waals surface area contributed by atoms with Crippen LogP contribution in [-0.2, 0) is 0 Å². The monoisotopic (exact) mass is 292 g/mol. The number of ether oxygens (including phenoxy) is 1. The molecule has 0 heterocycles. The minimum absolute atomic E-state index is 0.0294. The summed E-state index contributed by atoms with van der Waals surface area (Å²) < 4.78 is 5.22. The zero-order valence-electron chi connectivity index (χ0n) is 10.7. The molecule has 0 saturated carbocycles. The number of methoxy groups -OCH3 is 1. The standard InChI is InChI=1S/C14H13ClN2O3/c1-20-13-6-5-11(17(18)19)8-12(13)14(16)9-3-2-4-10(15)7-9/h2-8,14H,16H2,1H3. The van der Waals surface area contributed by atoms with Gasteiger partial charge in [0, 0.05) is 22.7 Å². The highest BCUT2D eigenvalue weighted by atomic mass is 35.5. The zero-order chi connectivity index (χ0) is 14.7. The van der Waals surface area contributed by atoms with Gasteiger partial charge in [0.1, 0.15) is 5.75 Å². The molecule has 104 valence electrons. The lowest BCUT2D eigenvalue weighted by Gasteiger charge is -2.16. The molecule has 2 aromatic carbocycles. The topological polar surface area (TPSA) is 78.4 Å². The third-order valence-electron chi connectivity index (χ3n) is 2.97. The molecule has 2 aromatic rings. The van der Waals surface area contributed by atoms with Crippen molar-refractivity contribution in [3.05, 3.63) is 68.7 Å². The number of halogens is 1. The van der Waals surface area contributed by atoms with E-state index in [-0.39, 0.29) is 5.69 Å². The van der Waals surface area contributed by atoms with Crippen LogP contribution in [0.2, 0.25) is 5.02 Å². The maximum absolute atomic E-state index is 10.9. The Kier molecular flexibility index (Phi) is 4.22. The van der Waals surface area contributed by atoms with Crippen LogP contribution in [0.15, 0.2) is 42.5 Å². The molecule has 0 aliphatic rings. The van der Waals surface area contributed by atoms with Gasteiger partial charge >= 0.3 is 0 Å². The minimum Gasteiger partial charge on any atom is -0.496 e. The molecule has 20 heavy (non-hydrogen) atoms. The van der Waals surface area contributed by atoms with Gasteiger partial charge in [0.2, 0.25) is 0 Å². The molecule has 0 radical (unpaired) electrons. The number of hydrogen-bond acceptors (Lipinski definition) is 4. The first-order chi connectivity index (χ1) is 9.52. The van der Waals surface area contributed by atoms with Crippen LogP contribution in [0.4, 0.5) is 5.69 Å². The van der Waals surface area contributed by atoms with Gasteiger partial charge in [0.15, 0.2) is 0 Å². The Balaban J connectivity index is 2.49. The highest BCUT2D eigenvalue weighted by molar-refractivity contribution is 6.30. The van der Waals surface area contributed by atoms with Gasteiger partial charge in [-0.1, -0.05) is 23.7 Å². The summed E-state index contributed by atoms with van der Waals surface area (Å²) >= 11 is 5.94. The summed E-state index contributed by atoms with van der Waals surface area (Å²) in [5, 5.41) is 11.4. The molecule has 0 saturated heterocycles. The highest BCUT2D eigenvalue weighted by Crippen LogP contribution is 2.32. The van der Waals surface area contributed by atoms with Crippen molar-refractivity contribution in [1.82, 2.24) is 0 Å². The lowest BCUT2D eigenvalue weighted by atomic mass is 9.98. The molecule has 1 atom stereocenters. The molecule has 0 aliphatic heterocycles. The molecule has 0 amide bonds. The van der Waals surface area contributed by atoms with Crippen LogP contribution in [0.25, 0.3) is 0 Å². The van der Waals surface area contributed by atoms with Crippen molar-refractivity contribution in [3.63, 3.8) is 0 Å². The Morgan fingerprint density at radius 3 is 2.65 bits per heavy atom. The van der Waals surface area contributed by atoms with Gasteiger partial charge in [0.25, 0.3) is 5.69 Å². The lowest BCUT2D eigenvalue weighted by Crippen LogP contribution is -2.13. The van der Waals surface area contributed by atoms with Gasteiger partial charge in [-0.2, -0.15) is 0 Å². The van der Waals surface area contributed by atoms with Crippen molar-refractivity contribution in [2.45, 2.75) is 6.04 Å². The van der Waals surface area contributed by atoms with E-state index in [9.17, 15) is 10.1 Å². The van der Waals surface area contributed by atoms with E-state index >= 15 is 0 Å². The van der Waals surface area contributed by atoms with Crippen molar-refractivity contribution in [3.8, 4) is 5.75 Å². The predicted octanol–water partition coefficient (Wildman–Crippen LogP) is 3.30. The van der Waals surface area contributed by atoms with Gasteiger partial charge in [-0.05, 0) is 23.8 Å². The smallest absolute Gasteiger partial charge is 0.270 e. The number of nitro groups is 1. The molecule has 0 fully saturated rings. The second-order valence-electron chi connectivity index (χ2n) is 4.22. The van der Waals surface area contributed by atoms with Crippen molar-refractivity contribution >= 4 is 17.3 Å². The Morgan fingerprint density at radius 2 is 2.05 bits per heavy atom. The van der Waals surface area contributed by atoms with Crippen LogP contribution in [0, 0.1) is 10.1 Å². The Labute approximate surface area is 121 Å². The summed E-state index contributed by atoms with van der Waals surface area (Å²) in [6.45, 7) is 0. The Bertz CT molecular complexity index is 646. The average molecular weight is 293 g/mol. The van der Waals surface area contributed by atoms with Crippen molar-refractivity contribution in [2.75, 3.05) is 7.11 Å². The molecule has 0 aromatic heterocycles. The number of nitro benzene ring substituents is 1. The van der Waals surface area contributed by atoms with Gasteiger partial charge in [0.05, 0.1) is 18.1 Å². The molecule has 1 unspecified atom stereocenters. The zero-order valence-corrected chi connectivity index (χ0v) is 11.5. The van der Waals surface area contributed by atoms with E-state index in [1.54, 1.807) is 18.2 Å². The summed E-state index contributed by atoms with van der Waals surface area (Å²) in [6, 6.07) is 10.8. The van der Waals surface area contributed by atoms with E-state index in [4.69, 9.17) is 22.1 Å². The third-order valence-corrected chi connectivity index (χ3v) is 3.20. The molecule has 0 aliphatic carbocycles. The summed E-state index contributed by atoms with van der Waals surface area (Å²) in [7, 11) is 1.50. The van der Waals surface area contributed by atoms with E-state index in [0.717, 1.165) is 5.56 Å². The molecule has 5 nitrogen and oxygen atoms in total. The SMILES string of the molecule is COc1ccc([N+](=O)[O-])cc1C(N)c1cccc(Cl)c1. The predicted molar refractivity (Wildman–Crippen MR) is 77.1 cm³/mol. The number of benzene rings is 2. The van der Waals surface area contributed by atoms with Crippen molar-refractivity contribution in [2.24, 2.45) is 5.73 Å². The number of hydrogen-bond donors (Lipinski definition) is 1. The number of non-ortho nitro benzene ring substituents is 1. The first-order valence-corrected chi connectivity index (χ1v) is 6.24. The fourth-order valence-corrected chi connectivity index (χ4v) is 2.16. The quantitative estimate of drug-likeness (QED) is 0.692. The summed E-state index contributed by atoms with van der Waals surface area (Å²) in [5.41, 5.74) is 7.45. The van der Waals surface area contributed by atoms with Gasteiger partial charge in [-0.15, -0.1) is 0 Å². The maximum atomic E-state index is 10.9. The lowest BCUT2D eigenvalue weighted by molar-refractivity contribution is -0.384. The number of nitrogens with two attached hydrogens (primary N) is 1. The van der Waals surface area contributed by atoms with Crippen LogP contribution in [0.1, 0.15) is 17.2 Å². The molecule has 2 N–H and O–H groups in total. The van der Waals surface area contributed by atoms with E-state index in [1.165, 1.54) is 25.3 Å². The number of rotatable bonds is 4. The van der Waals surface area contributed by atoms with Gasteiger partial charge < -0.3 is 10.5 Å². The third kappa shape index (κ3) is 2.89.